The molecule has 3 aromatic rings. The maximum absolute atomic E-state index is 12.1. The number of rotatable bonds is 7. The van der Waals surface area contributed by atoms with Gasteiger partial charge < -0.3 is 14.3 Å². The second-order valence-corrected chi connectivity index (χ2v) is 6.25. The molecule has 0 saturated carbocycles. The number of aromatic nitrogens is 3. The number of hydrogen-bond donors (Lipinski definition) is 1. The average Bonchev–Trinajstić information content (AvgIpc) is 3.26. The third-order valence-corrected chi connectivity index (χ3v) is 4.48. The predicted octanol–water partition coefficient (Wildman–Crippen LogP) is 2.89. The highest BCUT2D eigenvalue weighted by Crippen LogP contribution is 2.17. The van der Waals surface area contributed by atoms with Gasteiger partial charge in [0.1, 0.15) is 12.1 Å². The minimum absolute atomic E-state index is 0.0275. The first kappa shape index (κ1) is 16.3. The molecule has 0 unspecified atom stereocenters. The topological polar surface area (TPSA) is 73.0 Å². The molecule has 6 nitrogen and oxygen atoms in total. The Labute approximate surface area is 144 Å². The highest BCUT2D eigenvalue weighted by Gasteiger charge is 2.12. The summed E-state index contributed by atoms with van der Waals surface area (Å²) >= 11 is 1.36. The van der Waals surface area contributed by atoms with Crippen molar-refractivity contribution in [2.45, 2.75) is 24.7 Å². The van der Waals surface area contributed by atoms with Crippen LogP contribution in [0.5, 0.6) is 0 Å². The third-order valence-electron chi connectivity index (χ3n) is 3.50. The summed E-state index contributed by atoms with van der Waals surface area (Å²) in [5, 5.41) is 11.6. The van der Waals surface area contributed by atoms with E-state index in [0.717, 1.165) is 11.3 Å². The van der Waals surface area contributed by atoms with Crippen molar-refractivity contribution in [3.05, 3.63) is 66.4 Å². The van der Waals surface area contributed by atoms with Crippen LogP contribution in [0.1, 0.15) is 24.3 Å². The fourth-order valence-electron chi connectivity index (χ4n) is 2.27. The first-order valence-electron chi connectivity index (χ1n) is 7.59. The van der Waals surface area contributed by atoms with Gasteiger partial charge in [-0.1, -0.05) is 42.1 Å². The Hall–Kier alpha value is -2.54. The van der Waals surface area contributed by atoms with Gasteiger partial charge in [-0.25, -0.2) is 0 Å². The summed E-state index contributed by atoms with van der Waals surface area (Å²) in [5.74, 6) is 1.07. The minimum atomic E-state index is -0.0381. The molecule has 2 heterocycles. The lowest BCUT2D eigenvalue weighted by Crippen LogP contribution is -2.28. The van der Waals surface area contributed by atoms with E-state index >= 15 is 0 Å². The van der Waals surface area contributed by atoms with E-state index in [1.807, 2.05) is 54.0 Å². The normalized spacial score (nSPS) is 12.0. The van der Waals surface area contributed by atoms with Gasteiger partial charge in [0.05, 0.1) is 24.6 Å². The van der Waals surface area contributed by atoms with Crippen LogP contribution in [-0.2, 0) is 11.3 Å². The van der Waals surface area contributed by atoms with Crippen LogP contribution in [0, 0.1) is 0 Å². The number of nitrogens with one attached hydrogen (secondary N) is 1. The molecule has 1 N–H and O–H groups in total. The molecule has 0 radical (unpaired) electrons. The van der Waals surface area contributed by atoms with Gasteiger partial charge in [-0.3, -0.25) is 4.79 Å². The zero-order chi connectivity index (χ0) is 16.8. The summed E-state index contributed by atoms with van der Waals surface area (Å²) in [6.07, 6.45) is 3.26. The molecule has 124 valence electrons. The maximum atomic E-state index is 12.1. The van der Waals surface area contributed by atoms with Crippen molar-refractivity contribution >= 4 is 17.7 Å². The van der Waals surface area contributed by atoms with E-state index in [9.17, 15) is 4.79 Å². The monoisotopic (exact) mass is 342 g/mol. The van der Waals surface area contributed by atoms with Crippen LogP contribution in [0.3, 0.4) is 0 Å². The predicted molar refractivity (Wildman–Crippen MR) is 91.6 cm³/mol. The van der Waals surface area contributed by atoms with Crippen molar-refractivity contribution in [3.63, 3.8) is 0 Å². The quantitative estimate of drug-likeness (QED) is 0.668. The fourth-order valence-corrected chi connectivity index (χ4v) is 3.00. The Kier molecular flexibility index (Phi) is 5.32. The van der Waals surface area contributed by atoms with Crippen LogP contribution >= 0.6 is 11.8 Å². The molecular weight excluding hydrogens is 324 g/mol. The number of amides is 1. The van der Waals surface area contributed by atoms with Crippen molar-refractivity contribution in [2.75, 3.05) is 5.75 Å². The molecular formula is C17H18N4O2S. The lowest BCUT2D eigenvalue weighted by Gasteiger charge is -2.14. The van der Waals surface area contributed by atoms with E-state index in [1.54, 1.807) is 12.6 Å². The van der Waals surface area contributed by atoms with Crippen molar-refractivity contribution in [2.24, 2.45) is 0 Å². The van der Waals surface area contributed by atoms with Gasteiger partial charge >= 0.3 is 0 Å². The number of carbonyl (C=O) groups is 1. The Bertz CT molecular complexity index is 771. The van der Waals surface area contributed by atoms with E-state index in [1.165, 1.54) is 11.8 Å². The Balaban J connectivity index is 1.52. The molecule has 24 heavy (non-hydrogen) atoms. The minimum Gasteiger partial charge on any atom is -0.467 e. The smallest absolute Gasteiger partial charge is 0.230 e. The molecule has 0 aliphatic rings. The molecule has 0 bridgehead atoms. The summed E-state index contributed by atoms with van der Waals surface area (Å²) in [6, 6.07) is 13.6. The Morgan fingerprint density at radius 3 is 2.88 bits per heavy atom. The molecule has 0 aliphatic carbocycles. The van der Waals surface area contributed by atoms with Crippen molar-refractivity contribution < 1.29 is 9.21 Å². The summed E-state index contributed by atoms with van der Waals surface area (Å²) in [4.78, 5) is 12.1. The van der Waals surface area contributed by atoms with E-state index in [0.29, 0.717) is 11.7 Å². The first-order valence-corrected chi connectivity index (χ1v) is 8.58. The number of benzene rings is 1. The van der Waals surface area contributed by atoms with Crippen LogP contribution in [0.25, 0.3) is 0 Å². The van der Waals surface area contributed by atoms with Gasteiger partial charge in [-0.15, -0.1) is 10.2 Å². The van der Waals surface area contributed by atoms with E-state index in [4.69, 9.17) is 4.42 Å². The molecule has 7 heteroatoms. The number of furan rings is 1. The van der Waals surface area contributed by atoms with Gasteiger partial charge in [-0.05, 0) is 24.6 Å². The van der Waals surface area contributed by atoms with Crippen molar-refractivity contribution in [1.82, 2.24) is 20.1 Å². The molecule has 1 atom stereocenters. The maximum Gasteiger partial charge on any atom is 0.230 e. The summed E-state index contributed by atoms with van der Waals surface area (Å²) < 4.78 is 7.18. The highest BCUT2D eigenvalue weighted by molar-refractivity contribution is 7.99. The molecule has 1 aromatic carbocycles. The van der Waals surface area contributed by atoms with Gasteiger partial charge in [0.25, 0.3) is 0 Å². The number of hydrogen-bond acceptors (Lipinski definition) is 5. The molecule has 0 saturated heterocycles. The van der Waals surface area contributed by atoms with Crippen LogP contribution < -0.4 is 5.32 Å². The summed E-state index contributed by atoms with van der Waals surface area (Å²) in [7, 11) is 0. The standard InChI is InChI=1S/C17H18N4O2S/c1-13(14-6-3-2-4-7-14)19-16(22)11-24-17-20-18-12-21(17)10-15-8-5-9-23-15/h2-9,12-13H,10-11H2,1H3,(H,19,22)/t13-/m1/s1. The molecule has 1 amide bonds. The number of nitrogens with zero attached hydrogens (tertiary/aromatic N) is 3. The van der Waals surface area contributed by atoms with Gasteiger partial charge in [0, 0.05) is 0 Å². The molecule has 0 fully saturated rings. The molecule has 0 spiro atoms. The molecule has 3 rings (SSSR count). The first-order chi connectivity index (χ1) is 11.7. The molecule has 2 aromatic heterocycles. The summed E-state index contributed by atoms with van der Waals surface area (Å²) in [6.45, 7) is 2.52. The second-order valence-electron chi connectivity index (χ2n) is 5.31. The van der Waals surface area contributed by atoms with Gasteiger partial charge in [0.2, 0.25) is 5.91 Å². The van der Waals surface area contributed by atoms with Crippen LogP contribution in [0.4, 0.5) is 0 Å². The zero-order valence-corrected chi connectivity index (χ0v) is 14.1. The molecule has 0 aliphatic heterocycles. The van der Waals surface area contributed by atoms with E-state index < -0.39 is 0 Å². The van der Waals surface area contributed by atoms with E-state index in [-0.39, 0.29) is 17.7 Å². The highest BCUT2D eigenvalue weighted by atomic mass is 32.2. The van der Waals surface area contributed by atoms with Crippen LogP contribution in [0.15, 0.2) is 64.6 Å². The van der Waals surface area contributed by atoms with Gasteiger partial charge in [-0.2, -0.15) is 0 Å². The Morgan fingerprint density at radius 2 is 2.12 bits per heavy atom. The lowest BCUT2D eigenvalue weighted by molar-refractivity contribution is -0.119. The summed E-state index contributed by atoms with van der Waals surface area (Å²) in [5.41, 5.74) is 1.08. The van der Waals surface area contributed by atoms with Crippen LogP contribution in [0.2, 0.25) is 0 Å². The van der Waals surface area contributed by atoms with Crippen molar-refractivity contribution in [1.29, 1.82) is 0 Å². The van der Waals surface area contributed by atoms with Gasteiger partial charge in [0.15, 0.2) is 5.16 Å². The second kappa shape index (κ2) is 7.83. The zero-order valence-electron chi connectivity index (χ0n) is 13.3. The van der Waals surface area contributed by atoms with E-state index in [2.05, 4.69) is 15.5 Å². The number of thioether (sulfide) groups is 1. The largest absolute Gasteiger partial charge is 0.467 e. The SMILES string of the molecule is C[C@@H](NC(=O)CSc1nncn1Cc1ccco1)c1ccccc1. The lowest BCUT2D eigenvalue weighted by atomic mass is 10.1. The van der Waals surface area contributed by atoms with Crippen LogP contribution in [-0.4, -0.2) is 26.4 Å². The van der Waals surface area contributed by atoms with Crippen molar-refractivity contribution in [3.8, 4) is 0 Å². The third kappa shape index (κ3) is 4.26. The fraction of sp³-hybridized carbons (Fsp3) is 0.235. The number of carbonyl (C=O) groups excluding carboxylic acids is 1. The average molecular weight is 342 g/mol. The Morgan fingerprint density at radius 1 is 1.29 bits per heavy atom.